The van der Waals surface area contributed by atoms with Crippen LogP contribution in [0.4, 0.5) is 18.0 Å². The number of piperidine rings is 1. The summed E-state index contributed by atoms with van der Waals surface area (Å²) in [5.41, 5.74) is 0. The van der Waals surface area contributed by atoms with Gasteiger partial charge in [-0.1, -0.05) is 0 Å². The van der Waals surface area contributed by atoms with E-state index in [4.69, 9.17) is 0 Å². The zero-order valence-electron chi connectivity index (χ0n) is 13.1. The molecule has 0 aromatic carbocycles. The van der Waals surface area contributed by atoms with Gasteiger partial charge in [0.25, 0.3) is 0 Å². The lowest BCUT2D eigenvalue weighted by Crippen LogP contribution is -2.51. The molecule has 0 aliphatic carbocycles. The predicted octanol–water partition coefficient (Wildman–Crippen LogP) is 1.17. The SMILES string of the molecule is CN1CCN(C(=O)C2CCN(C(=O)OCC(F)(F)F)CC2)CC1. The highest BCUT2D eigenvalue weighted by Gasteiger charge is 2.34. The number of rotatable bonds is 2. The third-order valence-corrected chi connectivity index (χ3v) is 4.28. The zero-order valence-corrected chi connectivity index (χ0v) is 13.1. The van der Waals surface area contributed by atoms with Crippen molar-refractivity contribution in [1.82, 2.24) is 14.7 Å². The number of ether oxygens (including phenoxy) is 1. The first-order valence-electron chi connectivity index (χ1n) is 7.72. The lowest BCUT2D eigenvalue weighted by Gasteiger charge is -2.37. The fraction of sp³-hybridized carbons (Fsp3) is 0.857. The molecule has 0 saturated carbocycles. The van der Waals surface area contributed by atoms with Crippen molar-refractivity contribution < 1.29 is 27.5 Å². The minimum Gasteiger partial charge on any atom is -0.440 e. The van der Waals surface area contributed by atoms with Crippen LogP contribution in [0.2, 0.25) is 0 Å². The van der Waals surface area contributed by atoms with E-state index in [0.29, 0.717) is 25.9 Å². The molecule has 2 heterocycles. The van der Waals surface area contributed by atoms with E-state index in [-0.39, 0.29) is 24.9 Å². The molecule has 0 spiro atoms. The highest BCUT2D eigenvalue weighted by atomic mass is 19.4. The van der Waals surface area contributed by atoms with Crippen LogP contribution in [0.1, 0.15) is 12.8 Å². The van der Waals surface area contributed by atoms with Crippen LogP contribution >= 0.6 is 0 Å². The Morgan fingerprint density at radius 3 is 2.09 bits per heavy atom. The number of likely N-dealkylation sites (tertiary alicyclic amines) is 1. The minimum absolute atomic E-state index is 0.0846. The first-order valence-corrected chi connectivity index (χ1v) is 7.72. The van der Waals surface area contributed by atoms with Gasteiger partial charge < -0.3 is 19.4 Å². The molecule has 0 bridgehead atoms. The van der Waals surface area contributed by atoms with Gasteiger partial charge in [0.1, 0.15) is 0 Å². The average Bonchev–Trinajstić information content (AvgIpc) is 2.52. The van der Waals surface area contributed by atoms with Gasteiger partial charge in [-0.05, 0) is 19.9 Å². The summed E-state index contributed by atoms with van der Waals surface area (Å²) in [5, 5.41) is 0. The molecule has 2 saturated heterocycles. The molecule has 2 aliphatic rings. The van der Waals surface area contributed by atoms with Crippen molar-refractivity contribution in [3.8, 4) is 0 Å². The van der Waals surface area contributed by atoms with Crippen molar-refractivity contribution in [2.24, 2.45) is 5.92 Å². The molecule has 2 fully saturated rings. The Morgan fingerprint density at radius 1 is 1.00 bits per heavy atom. The van der Waals surface area contributed by atoms with Crippen LogP contribution < -0.4 is 0 Å². The quantitative estimate of drug-likeness (QED) is 0.759. The molecule has 0 unspecified atom stereocenters. The summed E-state index contributed by atoms with van der Waals surface area (Å²) < 4.78 is 40.3. The number of carbonyl (C=O) groups is 2. The Kier molecular flexibility index (Phi) is 5.72. The molecule has 6 nitrogen and oxygen atoms in total. The van der Waals surface area contributed by atoms with Gasteiger partial charge in [0, 0.05) is 45.2 Å². The van der Waals surface area contributed by atoms with Gasteiger partial charge in [0.15, 0.2) is 6.61 Å². The van der Waals surface area contributed by atoms with Gasteiger partial charge in [0.05, 0.1) is 0 Å². The summed E-state index contributed by atoms with van der Waals surface area (Å²) >= 11 is 0. The molecule has 0 atom stereocenters. The first-order chi connectivity index (χ1) is 10.8. The second-order valence-corrected chi connectivity index (χ2v) is 6.06. The minimum atomic E-state index is -4.52. The smallest absolute Gasteiger partial charge is 0.422 e. The van der Waals surface area contributed by atoms with E-state index >= 15 is 0 Å². The van der Waals surface area contributed by atoms with Crippen LogP contribution in [0, 0.1) is 5.92 Å². The largest absolute Gasteiger partial charge is 0.440 e. The summed E-state index contributed by atoms with van der Waals surface area (Å²) in [6.45, 7) is 2.00. The second-order valence-electron chi connectivity index (χ2n) is 6.06. The van der Waals surface area contributed by atoms with Crippen molar-refractivity contribution >= 4 is 12.0 Å². The summed E-state index contributed by atoms with van der Waals surface area (Å²) in [6, 6.07) is 0. The van der Waals surface area contributed by atoms with Gasteiger partial charge in [0.2, 0.25) is 5.91 Å². The summed E-state index contributed by atoms with van der Waals surface area (Å²) in [7, 11) is 2.01. The number of nitrogens with zero attached hydrogens (tertiary/aromatic N) is 3. The lowest BCUT2D eigenvalue weighted by atomic mass is 9.95. The fourth-order valence-corrected chi connectivity index (χ4v) is 2.83. The molecule has 2 rings (SSSR count). The third-order valence-electron chi connectivity index (χ3n) is 4.28. The number of hydrogen-bond acceptors (Lipinski definition) is 4. The molecular weight excluding hydrogens is 315 g/mol. The Labute approximate surface area is 133 Å². The van der Waals surface area contributed by atoms with Gasteiger partial charge in [-0.25, -0.2) is 4.79 Å². The molecular formula is C14H22F3N3O3. The normalized spacial score (nSPS) is 21.4. The molecule has 0 radical (unpaired) electrons. The molecule has 9 heteroatoms. The van der Waals surface area contributed by atoms with Crippen LogP contribution in [0.5, 0.6) is 0 Å². The number of alkyl halides is 3. The maximum Gasteiger partial charge on any atom is 0.422 e. The average molecular weight is 337 g/mol. The summed E-state index contributed by atoms with van der Waals surface area (Å²) in [6.07, 6.45) is -4.56. The standard InChI is InChI=1S/C14H22F3N3O3/c1-18-6-8-19(9-7-18)12(21)11-2-4-20(5-3-11)13(22)23-10-14(15,16)17/h11H,2-10H2,1H3. The van der Waals surface area contributed by atoms with Crippen LogP contribution in [0.25, 0.3) is 0 Å². The van der Waals surface area contributed by atoms with Gasteiger partial charge in [-0.2, -0.15) is 13.2 Å². The monoisotopic (exact) mass is 337 g/mol. The highest BCUT2D eigenvalue weighted by Crippen LogP contribution is 2.22. The molecule has 0 N–H and O–H groups in total. The number of hydrogen-bond donors (Lipinski definition) is 0. The van der Waals surface area contributed by atoms with E-state index < -0.39 is 18.9 Å². The summed E-state index contributed by atoms with van der Waals surface area (Å²) in [5.74, 6) is -0.0773. The predicted molar refractivity (Wildman–Crippen MR) is 75.8 cm³/mol. The van der Waals surface area contributed by atoms with E-state index in [1.807, 2.05) is 11.9 Å². The van der Waals surface area contributed by atoms with Crippen LogP contribution in [0.15, 0.2) is 0 Å². The Hall–Kier alpha value is -1.51. The number of halogens is 3. The van der Waals surface area contributed by atoms with Crippen molar-refractivity contribution in [1.29, 1.82) is 0 Å². The summed E-state index contributed by atoms with van der Waals surface area (Å²) in [4.78, 5) is 29.2. The second kappa shape index (κ2) is 7.37. The van der Waals surface area contributed by atoms with E-state index in [0.717, 1.165) is 13.1 Å². The Morgan fingerprint density at radius 2 is 1.57 bits per heavy atom. The van der Waals surface area contributed by atoms with Crippen molar-refractivity contribution in [3.05, 3.63) is 0 Å². The maximum atomic E-state index is 12.4. The number of carbonyl (C=O) groups excluding carboxylic acids is 2. The number of piperazine rings is 1. The molecule has 2 aliphatic heterocycles. The van der Waals surface area contributed by atoms with E-state index in [1.54, 1.807) is 0 Å². The highest BCUT2D eigenvalue weighted by molar-refractivity contribution is 5.79. The first kappa shape index (κ1) is 17.8. The molecule has 0 aromatic rings. The Balaban J connectivity index is 1.75. The number of likely N-dealkylation sites (N-methyl/N-ethyl adjacent to an activating group) is 1. The molecule has 2 amide bonds. The van der Waals surface area contributed by atoms with Crippen LogP contribution in [-0.2, 0) is 9.53 Å². The fourth-order valence-electron chi connectivity index (χ4n) is 2.83. The van der Waals surface area contributed by atoms with Gasteiger partial charge in [-0.3, -0.25) is 4.79 Å². The lowest BCUT2D eigenvalue weighted by molar-refractivity contribution is -0.162. The van der Waals surface area contributed by atoms with Crippen molar-refractivity contribution in [3.63, 3.8) is 0 Å². The zero-order chi connectivity index (χ0) is 17.0. The topological polar surface area (TPSA) is 53.1 Å². The van der Waals surface area contributed by atoms with Gasteiger partial charge >= 0.3 is 12.3 Å². The van der Waals surface area contributed by atoms with E-state index in [1.165, 1.54) is 4.90 Å². The van der Waals surface area contributed by atoms with Gasteiger partial charge in [-0.15, -0.1) is 0 Å². The number of amides is 2. The van der Waals surface area contributed by atoms with Crippen LogP contribution in [0.3, 0.4) is 0 Å². The van der Waals surface area contributed by atoms with Crippen LogP contribution in [-0.4, -0.2) is 85.8 Å². The molecule has 0 aromatic heterocycles. The Bertz CT molecular complexity index is 429. The maximum absolute atomic E-state index is 12.4. The van der Waals surface area contributed by atoms with E-state index in [2.05, 4.69) is 9.64 Å². The van der Waals surface area contributed by atoms with E-state index in [9.17, 15) is 22.8 Å². The molecule has 23 heavy (non-hydrogen) atoms. The molecule has 132 valence electrons. The van der Waals surface area contributed by atoms with Crippen molar-refractivity contribution in [2.45, 2.75) is 19.0 Å². The van der Waals surface area contributed by atoms with Crippen molar-refractivity contribution in [2.75, 3.05) is 52.9 Å². The third kappa shape index (κ3) is 5.26.